The van der Waals surface area contributed by atoms with E-state index in [1.807, 2.05) is 13.8 Å². The summed E-state index contributed by atoms with van der Waals surface area (Å²) in [7, 11) is 0. The van der Waals surface area contributed by atoms with Crippen molar-refractivity contribution in [3.8, 4) is 0 Å². The van der Waals surface area contributed by atoms with Crippen molar-refractivity contribution in [2.45, 2.75) is 60.3 Å². The standard InChI is InChI=1S/C10H14.C6H13N.C2H6/c1-3-6-10-8-5-4-7-9(10)2;1-6-2-4-7-5-3-6;1-2/h4-5,7-8H,3,6H2,1-2H3;6-7H,2-5H2,1H3;1-2H3. The molecule has 0 atom stereocenters. The van der Waals surface area contributed by atoms with Crippen LogP contribution in [0.4, 0.5) is 0 Å². The molecule has 110 valence electrons. The lowest BCUT2D eigenvalue weighted by atomic mass is 10.0. The first-order valence-corrected chi connectivity index (χ1v) is 7.99. The van der Waals surface area contributed by atoms with Gasteiger partial charge in [-0.2, -0.15) is 0 Å². The number of hydrogen-bond acceptors (Lipinski definition) is 1. The van der Waals surface area contributed by atoms with E-state index in [9.17, 15) is 0 Å². The SMILES string of the molecule is CC.CC1CCNCC1.CCCc1ccccc1C. The van der Waals surface area contributed by atoms with Crippen molar-refractivity contribution in [3.05, 3.63) is 35.4 Å². The molecule has 1 saturated heterocycles. The summed E-state index contributed by atoms with van der Waals surface area (Å²) in [6, 6.07) is 8.58. The molecule has 0 unspecified atom stereocenters. The van der Waals surface area contributed by atoms with Crippen LogP contribution in [0, 0.1) is 12.8 Å². The molecule has 1 heteroatoms. The number of piperidine rings is 1. The van der Waals surface area contributed by atoms with Crippen LogP contribution in [0.1, 0.15) is 58.1 Å². The molecule has 0 spiro atoms. The molecule has 0 aromatic heterocycles. The zero-order chi connectivity index (χ0) is 14.5. The summed E-state index contributed by atoms with van der Waals surface area (Å²) in [4.78, 5) is 0. The molecule has 0 radical (unpaired) electrons. The van der Waals surface area contributed by atoms with E-state index < -0.39 is 0 Å². The minimum atomic E-state index is 0.973. The maximum atomic E-state index is 3.32. The van der Waals surface area contributed by atoms with Crippen LogP contribution in [0.3, 0.4) is 0 Å². The van der Waals surface area contributed by atoms with Crippen LogP contribution in [0.25, 0.3) is 0 Å². The molecule has 1 aliphatic rings. The number of aryl methyl sites for hydroxylation is 2. The van der Waals surface area contributed by atoms with Crippen molar-refractivity contribution in [2.75, 3.05) is 13.1 Å². The highest BCUT2D eigenvalue weighted by Crippen LogP contribution is 2.08. The third-order valence-electron chi connectivity index (χ3n) is 3.41. The molecule has 0 bridgehead atoms. The van der Waals surface area contributed by atoms with Crippen LogP contribution >= 0.6 is 0 Å². The van der Waals surface area contributed by atoms with Crippen molar-refractivity contribution in [1.82, 2.24) is 5.32 Å². The van der Waals surface area contributed by atoms with Crippen LogP contribution in [-0.2, 0) is 6.42 Å². The topological polar surface area (TPSA) is 12.0 Å². The maximum absolute atomic E-state index is 3.32. The number of hydrogen-bond donors (Lipinski definition) is 1. The second kappa shape index (κ2) is 12.2. The lowest BCUT2D eigenvalue weighted by Gasteiger charge is -2.17. The molecule has 1 aromatic carbocycles. The third kappa shape index (κ3) is 8.83. The Balaban J connectivity index is 0.000000316. The second-order valence-electron chi connectivity index (χ2n) is 5.11. The van der Waals surface area contributed by atoms with Gasteiger partial charge in [-0.1, -0.05) is 58.4 Å². The first-order valence-electron chi connectivity index (χ1n) is 7.99. The lowest BCUT2D eigenvalue weighted by Crippen LogP contribution is -2.26. The smallest absolute Gasteiger partial charge is 0.00464 e. The fourth-order valence-corrected chi connectivity index (χ4v) is 2.13. The highest BCUT2D eigenvalue weighted by Gasteiger charge is 2.05. The summed E-state index contributed by atoms with van der Waals surface area (Å²) in [5, 5.41) is 3.32. The van der Waals surface area contributed by atoms with Gasteiger partial charge >= 0.3 is 0 Å². The van der Waals surface area contributed by atoms with Gasteiger partial charge in [0.05, 0.1) is 0 Å². The predicted molar refractivity (Wildman–Crippen MR) is 87.8 cm³/mol. The molecule has 0 amide bonds. The summed E-state index contributed by atoms with van der Waals surface area (Å²) in [6.07, 6.45) is 5.21. The molecule has 0 saturated carbocycles. The fraction of sp³-hybridized carbons (Fsp3) is 0.667. The minimum absolute atomic E-state index is 0.973. The number of nitrogens with one attached hydrogen (secondary N) is 1. The van der Waals surface area contributed by atoms with E-state index in [4.69, 9.17) is 0 Å². The van der Waals surface area contributed by atoms with Crippen molar-refractivity contribution < 1.29 is 0 Å². The Morgan fingerprint density at radius 1 is 1.11 bits per heavy atom. The highest BCUT2D eigenvalue weighted by atomic mass is 14.9. The molecule has 1 aliphatic heterocycles. The van der Waals surface area contributed by atoms with E-state index in [2.05, 4.69) is 50.4 Å². The number of benzene rings is 1. The molecular weight excluding hydrogens is 230 g/mol. The minimum Gasteiger partial charge on any atom is -0.317 e. The molecule has 1 heterocycles. The molecule has 19 heavy (non-hydrogen) atoms. The summed E-state index contributed by atoms with van der Waals surface area (Å²) >= 11 is 0. The molecule has 1 nitrogen and oxygen atoms in total. The first kappa shape index (κ1) is 18.2. The Bertz CT molecular complexity index is 300. The third-order valence-corrected chi connectivity index (χ3v) is 3.41. The molecule has 1 N–H and O–H groups in total. The van der Waals surface area contributed by atoms with E-state index >= 15 is 0 Å². The monoisotopic (exact) mass is 263 g/mol. The van der Waals surface area contributed by atoms with Crippen LogP contribution in [0.15, 0.2) is 24.3 Å². The Kier molecular flexibility index (Phi) is 11.7. The van der Waals surface area contributed by atoms with Gasteiger partial charge in [0.2, 0.25) is 0 Å². The normalized spacial score (nSPS) is 14.8. The van der Waals surface area contributed by atoms with Gasteiger partial charge in [-0.3, -0.25) is 0 Å². The molecular formula is C18H33N. The van der Waals surface area contributed by atoms with Gasteiger partial charge in [-0.05, 0) is 56.3 Å². The molecule has 1 aromatic rings. The largest absolute Gasteiger partial charge is 0.317 e. The molecule has 0 aliphatic carbocycles. The fourth-order valence-electron chi connectivity index (χ4n) is 2.13. The van der Waals surface area contributed by atoms with Crippen LogP contribution < -0.4 is 5.32 Å². The van der Waals surface area contributed by atoms with Crippen LogP contribution in [0.2, 0.25) is 0 Å². The van der Waals surface area contributed by atoms with Crippen molar-refractivity contribution in [3.63, 3.8) is 0 Å². The van der Waals surface area contributed by atoms with Gasteiger partial charge in [0, 0.05) is 0 Å². The zero-order valence-electron chi connectivity index (χ0n) is 13.6. The zero-order valence-corrected chi connectivity index (χ0v) is 13.6. The van der Waals surface area contributed by atoms with E-state index in [1.165, 1.54) is 49.9 Å². The van der Waals surface area contributed by atoms with Crippen molar-refractivity contribution in [1.29, 1.82) is 0 Å². The van der Waals surface area contributed by atoms with Gasteiger partial charge in [-0.15, -0.1) is 0 Å². The average molecular weight is 263 g/mol. The quantitative estimate of drug-likeness (QED) is 0.793. The average Bonchev–Trinajstić information content (AvgIpc) is 2.45. The van der Waals surface area contributed by atoms with Gasteiger partial charge in [-0.25, -0.2) is 0 Å². The Hall–Kier alpha value is -0.820. The maximum Gasteiger partial charge on any atom is -0.00464 e. The second-order valence-corrected chi connectivity index (χ2v) is 5.11. The lowest BCUT2D eigenvalue weighted by molar-refractivity contribution is 0.402. The number of rotatable bonds is 2. The summed E-state index contributed by atoms with van der Waals surface area (Å²) in [5.74, 6) is 0.973. The van der Waals surface area contributed by atoms with Gasteiger partial charge in [0.1, 0.15) is 0 Å². The van der Waals surface area contributed by atoms with Gasteiger partial charge in [0.25, 0.3) is 0 Å². The van der Waals surface area contributed by atoms with Crippen LogP contribution in [-0.4, -0.2) is 13.1 Å². The Morgan fingerprint density at radius 2 is 1.68 bits per heavy atom. The summed E-state index contributed by atoms with van der Waals surface area (Å²) in [5.41, 5.74) is 2.91. The van der Waals surface area contributed by atoms with Crippen LogP contribution in [0.5, 0.6) is 0 Å². The molecule has 2 rings (SSSR count). The Morgan fingerprint density at radius 3 is 2.11 bits per heavy atom. The van der Waals surface area contributed by atoms with E-state index in [-0.39, 0.29) is 0 Å². The predicted octanol–water partition coefficient (Wildman–Crippen LogP) is 4.98. The summed E-state index contributed by atoms with van der Waals surface area (Å²) in [6.45, 7) is 13.2. The highest BCUT2D eigenvalue weighted by molar-refractivity contribution is 5.25. The van der Waals surface area contributed by atoms with Gasteiger partial charge < -0.3 is 5.32 Å². The van der Waals surface area contributed by atoms with Crippen molar-refractivity contribution >= 4 is 0 Å². The van der Waals surface area contributed by atoms with E-state index in [0.717, 1.165) is 5.92 Å². The first-order chi connectivity index (χ1) is 9.24. The van der Waals surface area contributed by atoms with E-state index in [0.29, 0.717) is 0 Å². The van der Waals surface area contributed by atoms with Gasteiger partial charge in [0.15, 0.2) is 0 Å². The van der Waals surface area contributed by atoms with E-state index in [1.54, 1.807) is 0 Å². The summed E-state index contributed by atoms with van der Waals surface area (Å²) < 4.78 is 0. The molecule has 1 fully saturated rings. The van der Waals surface area contributed by atoms with Crippen molar-refractivity contribution in [2.24, 2.45) is 5.92 Å². The Labute approximate surface area is 120 Å².